The highest BCUT2D eigenvalue weighted by atomic mass is 16.5. The van der Waals surface area contributed by atoms with Crippen LogP contribution in [0.5, 0.6) is 11.5 Å². The second-order valence-electron chi connectivity index (χ2n) is 4.48. The van der Waals surface area contributed by atoms with Gasteiger partial charge in [-0.3, -0.25) is 0 Å². The first-order valence-electron chi connectivity index (χ1n) is 6.89. The lowest BCUT2D eigenvalue weighted by Gasteiger charge is -2.13. The van der Waals surface area contributed by atoms with E-state index < -0.39 is 0 Å². The SMILES string of the molecule is CCNc1ncnc(NCCc2ccc(O)cc2)c1OC. The van der Waals surface area contributed by atoms with Crippen molar-refractivity contribution in [2.24, 2.45) is 0 Å². The van der Waals surface area contributed by atoms with Crippen LogP contribution in [0.2, 0.25) is 0 Å². The highest BCUT2D eigenvalue weighted by molar-refractivity contribution is 5.63. The third-order valence-corrected chi connectivity index (χ3v) is 2.99. The summed E-state index contributed by atoms with van der Waals surface area (Å²) in [6, 6.07) is 7.17. The van der Waals surface area contributed by atoms with Crippen molar-refractivity contribution in [1.29, 1.82) is 0 Å². The van der Waals surface area contributed by atoms with Gasteiger partial charge in [0.1, 0.15) is 12.1 Å². The number of methoxy groups -OCH3 is 1. The maximum absolute atomic E-state index is 9.25. The van der Waals surface area contributed by atoms with Gasteiger partial charge in [0, 0.05) is 13.1 Å². The second kappa shape index (κ2) is 7.33. The number of anilines is 2. The van der Waals surface area contributed by atoms with E-state index in [2.05, 4.69) is 20.6 Å². The standard InChI is InChI=1S/C15H20N4O2/c1-3-16-14-13(21-2)15(19-10-18-14)17-9-8-11-4-6-12(20)7-5-11/h4-7,10,20H,3,8-9H2,1-2H3,(H2,16,17,18,19). The number of nitrogens with one attached hydrogen (secondary N) is 2. The van der Waals surface area contributed by atoms with Crippen molar-refractivity contribution in [3.05, 3.63) is 36.2 Å². The van der Waals surface area contributed by atoms with Crippen molar-refractivity contribution in [3.63, 3.8) is 0 Å². The van der Waals surface area contributed by atoms with Crippen LogP contribution in [0.1, 0.15) is 12.5 Å². The van der Waals surface area contributed by atoms with Crippen molar-refractivity contribution < 1.29 is 9.84 Å². The molecule has 0 atom stereocenters. The number of phenols is 1. The van der Waals surface area contributed by atoms with Crippen LogP contribution < -0.4 is 15.4 Å². The monoisotopic (exact) mass is 288 g/mol. The minimum absolute atomic E-state index is 0.277. The second-order valence-corrected chi connectivity index (χ2v) is 4.48. The van der Waals surface area contributed by atoms with E-state index in [4.69, 9.17) is 4.74 Å². The predicted molar refractivity (Wildman–Crippen MR) is 83.0 cm³/mol. The molecule has 0 unspecified atom stereocenters. The van der Waals surface area contributed by atoms with E-state index in [-0.39, 0.29) is 5.75 Å². The molecule has 0 spiro atoms. The number of aromatic nitrogens is 2. The lowest BCUT2D eigenvalue weighted by atomic mass is 10.1. The topological polar surface area (TPSA) is 79.3 Å². The minimum atomic E-state index is 0.277. The van der Waals surface area contributed by atoms with Gasteiger partial charge in [-0.2, -0.15) is 0 Å². The Bertz CT molecular complexity index is 572. The molecule has 0 saturated carbocycles. The summed E-state index contributed by atoms with van der Waals surface area (Å²) in [5.41, 5.74) is 1.14. The summed E-state index contributed by atoms with van der Waals surface area (Å²) in [4.78, 5) is 8.37. The molecule has 1 aromatic heterocycles. The highest BCUT2D eigenvalue weighted by Gasteiger charge is 2.10. The molecule has 0 aliphatic rings. The van der Waals surface area contributed by atoms with Crippen LogP contribution in [0.25, 0.3) is 0 Å². The van der Waals surface area contributed by atoms with E-state index >= 15 is 0 Å². The van der Waals surface area contributed by atoms with Gasteiger partial charge in [0.15, 0.2) is 11.6 Å². The van der Waals surface area contributed by atoms with Crippen LogP contribution in [0, 0.1) is 0 Å². The summed E-state index contributed by atoms with van der Waals surface area (Å²) in [5.74, 6) is 2.24. The Morgan fingerprint density at radius 3 is 2.38 bits per heavy atom. The zero-order chi connectivity index (χ0) is 15.1. The molecule has 112 valence electrons. The maximum atomic E-state index is 9.25. The van der Waals surface area contributed by atoms with Gasteiger partial charge in [0.05, 0.1) is 7.11 Å². The van der Waals surface area contributed by atoms with E-state index in [0.29, 0.717) is 23.9 Å². The van der Waals surface area contributed by atoms with Crippen molar-refractivity contribution >= 4 is 11.6 Å². The number of ether oxygens (including phenoxy) is 1. The molecule has 6 heteroatoms. The van der Waals surface area contributed by atoms with Crippen molar-refractivity contribution in [1.82, 2.24) is 9.97 Å². The average molecular weight is 288 g/mol. The largest absolute Gasteiger partial charge is 0.508 e. The van der Waals surface area contributed by atoms with Gasteiger partial charge in [-0.15, -0.1) is 0 Å². The Balaban J connectivity index is 1.99. The molecular weight excluding hydrogens is 268 g/mol. The first kappa shape index (κ1) is 14.9. The first-order chi connectivity index (χ1) is 10.2. The van der Waals surface area contributed by atoms with Gasteiger partial charge in [0.25, 0.3) is 0 Å². The fourth-order valence-corrected chi connectivity index (χ4v) is 1.97. The van der Waals surface area contributed by atoms with Crippen LogP contribution >= 0.6 is 0 Å². The van der Waals surface area contributed by atoms with Crippen molar-refractivity contribution in [3.8, 4) is 11.5 Å². The van der Waals surface area contributed by atoms with E-state index in [1.165, 1.54) is 6.33 Å². The lowest BCUT2D eigenvalue weighted by Crippen LogP contribution is -2.10. The first-order valence-corrected chi connectivity index (χ1v) is 6.89. The average Bonchev–Trinajstić information content (AvgIpc) is 2.50. The third kappa shape index (κ3) is 3.98. The number of phenolic OH excluding ortho intramolecular Hbond substituents is 1. The van der Waals surface area contributed by atoms with Crippen LogP contribution in [-0.2, 0) is 6.42 Å². The fourth-order valence-electron chi connectivity index (χ4n) is 1.97. The minimum Gasteiger partial charge on any atom is -0.508 e. The van der Waals surface area contributed by atoms with Gasteiger partial charge < -0.3 is 20.5 Å². The van der Waals surface area contributed by atoms with Crippen molar-refractivity contribution in [2.75, 3.05) is 30.8 Å². The van der Waals surface area contributed by atoms with Gasteiger partial charge >= 0.3 is 0 Å². The molecule has 6 nitrogen and oxygen atoms in total. The van der Waals surface area contributed by atoms with E-state index in [0.717, 1.165) is 18.5 Å². The molecule has 2 aromatic rings. The fraction of sp³-hybridized carbons (Fsp3) is 0.333. The smallest absolute Gasteiger partial charge is 0.204 e. The number of hydrogen-bond acceptors (Lipinski definition) is 6. The molecule has 0 radical (unpaired) electrons. The van der Waals surface area contributed by atoms with Crippen LogP contribution in [-0.4, -0.2) is 35.3 Å². The molecule has 2 rings (SSSR count). The molecule has 3 N–H and O–H groups in total. The quantitative estimate of drug-likeness (QED) is 0.725. The summed E-state index contributed by atoms with van der Waals surface area (Å²) in [5, 5.41) is 15.6. The molecule has 0 bridgehead atoms. The van der Waals surface area contributed by atoms with Gasteiger partial charge in [-0.25, -0.2) is 9.97 Å². The zero-order valence-corrected chi connectivity index (χ0v) is 12.3. The number of aromatic hydroxyl groups is 1. The number of nitrogens with zero attached hydrogens (tertiary/aromatic N) is 2. The van der Waals surface area contributed by atoms with E-state index in [1.807, 2.05) is 19.1 Å². The summed E-state index contributed by atoms with van der Waals surface area (Å²) < 4.78 is 5.36. The molecule has 0 amide bonds. The van der Waals surface area contributed by atoms with Crippen LogP contribution in [0.3, 0.4) is 0 Å². The lowest BCUT2D eigenvalue weighted by molar-refractivity contribution is 0.414. The summed E-state index contributed by atoms with van der Waals surface area (Å²) >= 11 is 0. The molecular formula is C15H20N4O2. The molecule has 0 aliphatic carbocycles. The number of hydrogen-bond donors (Lipinski definition) is 3. The Kier molecular flexibility index (Phi) is 5.20. The molecule has 1 heterocycles. The van der Waals surface area contributed by atoms with E-state index in [1.54, 1.807) is 19.2 Å². The molecule has 1 aromatic carbocycles. The number of benzene rings is 1. The van der Waals surface area contributed by atoms with Crippen molar-refractivity contribution in [2.45, 2.75) is 13.3 Å². The van der Waals surface area contributed by atoms with E-state index in [9.17, 15) is 5.11 Å². The summed E-state index contributed by atoms with van der Waals surface area (Å²) in [6.45, 7) is 3.48. The Morgan fingerprint density at radius 2 is 1.76 bits per heavy atom. The predicted octanol–water partition coefficient (Wildman–Crippen LogP) is 2.28. The van der Waals surface area contributed by atoms with Crippen LogP contribution in [0.15, 0.2) is 30.6 Å². The van der Waals surface area contributed by atoms with Gasteiger partial charge in [-0.1, -0.05) is 12.1 Å². The Morgan fingerprint density at radius 1 is 1.10 bits per heavy atom. The molecule has 0 saturated heterocycles. The third-order valence-electron chi connectivity index (χ3n) is 2.99. The van der Waals surface area contributed by atoms with Crippen LogP contribution in [0.4, 0.5) is 11.6 Å². The van der Waals surface area contributed by atoms with Gasteiger partial charge in [0.2, 0.25) is 5.75 Å². The summed E-state index contributed by atoms with van der Waals surface area (Å²) in [6.07, 6.45) is 2.33. The summed E-state index contributed by atoms with van der Waals surface area (Å²) in [7, 11) is 1.60. The molecule has 21 heavy (non-hydrogen) atoms. The Hall–Kier alpha value is -2.50. The molecule has 0 aliphatic heterocycles. The Labute approximate surface area is 124 Å². The van der Waals surface area contributed by atoms with Gasteiger partial charge in [-0.05, 0) is 31.0 Å². The maximum Gasteiger partial charge on any atom is 0.204 e. The zero-order valence-electron chi connectivity index (χ0n) is 12.3. The molecule has 0 fully saturated rings. The number of rotatable bonds is 7. The normalized spacial score (nSPS) is 10.2. The highest BCUT2D eigenvalue weighted by Crippen LogP contribution is 2.28.